The van der Waals surface area contributed by atoms with Crippen molar-refractivity contribution in [1.82, 2.24) is 4.98 Å². The average molecular weight is 297 g/mol. The minimum Gasteiger partial charge on any atom is -0.494 e. The molecule has 106 valence electrons. The Kier molecular flexibility index (Phi) is 3.71. The minimum atomic E-state index is 0.0915. The SMILES string of the molecule is CCOc1ccc(-c2cncc3sc(C(C)=O)cc23)cc1. The molecule has 2 aromatic heterocycles. The molecule has 3 nitrogen and oxygen atoms in total. The van der Waals surface area contributed by atoms with Gasteiger partial charge < -0.3 is 4.74 Å². The monoisotopic (exact) mass is 297 g/mol. The van der Waals surface area contributed by atoms with E-state index in [4.69, 9.17) is 4.74 Å². The van der Waals surface area contributed by atoms with Crippen LogP contribution in [-0.2, 0) is 0 Å². The Labute approximate surface area is 127 Å². The maximum absolute atomic E-state index is 11.6. The van der Waals surface area contributed by atoms with Gasteiger partial charge in [0, 0.05) is 23.3 Å². The predicted octanol–water partition coefficient (Wildman–Crippen LogP) is 4.56. The van der Waals surface area contributed by atoms with Crippen molar-refractivity contribution in [3.8, 4) is 16.9 Å². The molecule has 0 aliphatic rings. The predicted molar refractivity (Wildman–Crippen MR) is 86.2 cm³/mol. The van der Waals surface area contributed by atoms with Crippen LogP contribution in [0.15, 0.2) is 42.7 Å². The number of pyridine rings is 1. The maximum Gasteiger partial charge on any atom is 0.169 e. The highest BCUT2D eigenvalue weighted by atomic mass is 32.1. The molecule has 1 aromatic carbocycles. The van der Waals surface area contributed by atoms with Gasteiger partial charge in [-0.3, -0.25) is 9.78 Å². The highest BCUT2D eigenvalue weighted by Gasteiger charge is 2.11. The number of hydrogen-bond acceptors (Lipinski definition) is 4. The van der Waals surface area contributed by atoms with Crippen molar-refractivity contribution in [2.75, 3.05) is 6.61 Å². The largest absolute Gasteiger partial charge is 0.494 e. The highest BCUT2D eigenvalue weighted by Crippen LogP contribution is 2.34. The number of hydrogen-bond donors (Lipinski definition) is 0. The molecule has 0 saturated heterocycles. The Morgan fingerprint density at radius 2 is 2.00 bits per heavy atom. The molecule has 0 radical (unpaired) electrons. The van der Waals surface area contributed by atoms with E-state index in [2.05, 4.69) is 4.98 Å². The third kappa shape index (κ3) is 2.67. The van der Waals surface area contributed by atoms with Crippen molar-refractivity contribution in [2.45, 2.75) is 13.8 Å². The second-order valence-corrected chi connectivity index (χ2v) is 5.81. The number of thiophene rings is 1. The van der Waals surface area contributed by atoms with E-state index >= 15 is 0 Å². The van der Waals surface area contributed by atoms with Gasteiger partial charge in [0.05, 0.1) is 16.2 Å². The van der Waals surface area contributed by atoms with Crippen molar-refractivity contribution >= 4 is 27.2 Å². The standard InChI is InChI=1S/C17H15NO2S/c1-3-20-13-6-4-12(5-7-13)15-9-18-10-17-14(15)8-16(21-17)11(2)19/h4-10H,3H2,1-2H3. The third-order valence-electron chi connectivity index (χ3n) is 3.27. The molecule has 0 unspecified atom stereocenters. The summed E-state index contributed by atoms with van der Waals surface area (Å²) in [4.78, 5) is 16.6. The van der Waals surface area contributed by atoms with Gasteiger partial charge in [-0.05, 0) is 37.6 Å². The number of nitrogens with zero attached hydrogens (tertiary/aromatic N) is 1. The summed E-state index contributed by atoms with van der Waals surface area (Å²) in [6, 6.07) is 9.90. The van der Waals surface area contributed by atoms with Gasteiger partial charge >= 0.3 is 0 Å². The lowest BCUT2D eigenvalue weighted by molar-refractivity contribution is 0.102. The molecule has 3 rings (SSSR count). The second kappa shape index (κ2) is 5.66. The lowest BCUT2D eigenvalue weighted by Gasteiger charge is -2.06. The van der Waals surface area contributed by atoms with Crippen LogP contribution < -0.4 is 4.74 Å². The number of ketones is 1. The molecular weight excluding hydrogens is 282 g/mol. The number of Topliss-reactive ketones (excluding diaryl/α,β-unsaturated/α-hetero) is 1. The van der Waals surface area contributed by atoms with Crippen molar-refractivity contribution in [3.05, 3.63) is 47.6 Å². The molecule has 0 fully saturated rings. The normalized spacial score (nSPS) is 10.8. The lowest BCUT2D eigenvalue weighted by Crippen LogP contribution is -1.90. The first-order valence-corrected chi connectivity index (χ1v) is 7.62. The van der Waals surface area contributed by atoms with E-state index in [0.29, 0.717) is 6.61 Å². The highest BCUT2D eigenvalue weighted by molar-refractivity contribution is 7.20. The number of fused-ring (bicyclic) bond motifs is 1. The molecule has 0 amide bonds. The number of carbonyl (C=O) groups excluding carboxylic acids is 1. The van der Waals surface area contributed by atoms with E-state index in [1.54, 1.807) is 6.92 Å². The van der Waals surface area contributed by atoms with Gasteiger partial charge in [0.1, 0.15) is 5.75 Å². The molecule has 3 aromatic rings. The molecule has 0 aliphatic heterocycles. The molecule has 0 atom stereocenters. The minimum absolute atomic E-state index is 0.0915. The zero-order valence-electron chi connectivity index (χ0n) is 11.9. The summed E-state index contributed by atoms with van der Waals surface area (Å²) < 4.78 is 6.50. The first-order chi connectivity index (χ1) is 10.2. The Hall–Kier alpha value is -2.20. The number of ether oxygens (including phenoxy) is 1. The Morgan fingerprint density at radius 1 is 1.24 bits per heavy atom. The van der Waals surface area contributed by atoms with Crippen LogP contribution in [0.3, 0.4) is 0 Å². The first kappa shape index (κ1) is 13.8. The van der Waals surface area contributed by atoms with Crippen molar-refractivity contribution in [1.29, 1.82) is 0 Å². The van der Waals surface area contributed by atoms with Crippen LogP contribution in [0.25, 0.3) is 21.2 Å². The summed E-state index contributed by atoms with van der Waals surface area (Å²) in [5.74, 6) is 0.949. The van der Waals surface area contributed by atoms with E-state index < -0.39 is 0 Å². The van der Waals surface area contributed by atoms with E-state index in [9.17, 15) is 4.79 Å². The van der Waals surface area contributed by atoms with E-state index in [1.165, 1.54) is 11.3 Å². The lowest BCUT2D eigenvalue weighted by atomic mass is 10.0. The van der Waals surface area contributed by atoms with Crippen molar-refractivity contribution in [3.63, 3.8) is 0 Å². The molecule has 0 bridgehead atoms. The summed E-state index contributed by atoms with van der Waals surface area (Å²) in [5, 5.41) is 1.07. The Bertz CT molecular complexity index is 790. The van der Waals surface area contributed by atoms with Crippen LogP contribution in [0.1, 0.15) is 23.5 Å². The van der Waals surface area contributed by atoms with Gasteiger partial charge in [0.25, 0.3) is 0 Å². The number of benzene rings is 1. The topological polar surface area (TPSA) is 39.2 Å². The molecule has 2 heterocycles. The van der Waals surface area contributed by atoms with Gasteiger partial charge in [-0.2, -0.15) is 0 Å². The number of aromatic nitrogens is 1. The van der Waals surface area contributed by atoms with E-state index in [-0.39, 0.29) is 5.78 Å². The summed E-state index contributed by atoms with van der Waals surface area (Å²) >= 11 is 1.49. The van der Waals surface area contributed by atoms with E-state index in [0.717, 1.165) is 31.8 Å². The zero-order chi connectivity index (χ0) is 14.8. The maximum atomic E-state index is 11.6. The van der Waals surface area contributed by atoms with Crippen LogP contribution >= 0.6 is 11.3 Å². The van der Waals surface area contributed by atoms with Crippen LogP contribution in [0, 0.1) is 0 Å². The number of rotatable bonds is 4. The fraction of sp³-hybridized carbons (Fsp3) is 0.176. The summed E-state index contributed by atoms with van der Waals surface area (Å²) in [7, 11) is 0. The van der Waals surface area contributed by atoms with E-state index in [1.807, 2.05) is 49.6 Å². The zero-order valence-corrected chi connectivity index (χ0v) is 12.7. The summed E-state index contributed by atoms with van der Waals surface area (Å²) in [6.45, 7) is 4.21. The second-order valence-electron chi connectivity index (χ2n) is 4.72. The molecule has 0 aliphatic carbocycles. The quantitative estimate of drug-likeness (QED) is 0.662. The van der Waals surface area contributed by atoms with Gasteiger partial charge in [-0.1, -0.05) is 12.1 Å². The average Bonchev–Trinajstić information content (AvgIpc) is 2.93. The molecule has 4 heteroatoms. The van der Waals surface area contributed by atoms with Crippen molar-refractivity contribution < 1.29 is 9.53 Å². The van der Waals surface area contributed by atoms with Crippen LogP contribution in [0.5, 0.6) is 5.75 Å². The van der Waals surface area contributed by atoms with Crippen LogP contribution in [-0.4, -0.2) is 17.4 Å². The third-order valence-corrected chi connectivity index (χ3v) is 4.44. The smallest absolute Gasteiger partial charge is 0.169 e. The Morgan fingerprint density at radius 3 is 2.67 bits per heavy atom. The molecule has 0 N–H and O–H groups in total. The van der Waals surface area contributed by atoms with Gasteiger partial charge in [-0.15, -0.1) is 11.3 Å². The molecular formula is C17H15NO2S. The molecule has 0 saturated carbocycles. The van der Waals surface area contributed by atoms with Gasteiger partial charge in [-0.25, -0.2) is 0 Å². The van der Waals surface area contributed by atoms with Crippen molar-refractivity contribution in [2.24, 2.45) is 0 Å². The summed E-state index contributed by atoms with van der Waals surface area (Å²) in [6.07, 6.45) is 3.65. The fourth-order valence-corrected chi connectivity index (χ4v) is 3.21. The first-order valence-electron chi connectivity index (χ1n) is 6.80. The molecule has 21 heavy (non-hydrogen) atoms. The Balaban J connectivity index is 2.08. The summed E-state index contributed by atoms with van der Waals surface area (Å²) in [5.41, 5.74) is 2.11. The van der Waals surface area contributed by atoms with Gasteiger partial charge in [0.2, 0.25) is 0 Å². The number of carbonyl (C=O) groups is 1. The fourth-order valence-electron chi connectivity index (χ4n) is 2.26. The van der Waals surface area contributed by atoms with Crippen LogP contribution in [0.4, 0.5) is 0 Å². The molecule has 0 spiro atoms. The van der Waals surface area contributed by atoms with Gasteiger partial charge in [0.15, 0.2) is 5.78 Å². The van der Waals surface area contributed by atoms with Crippen LogP contribution in [0.2, 0.25) is 0 Å².